The second kappa shape index (κ2) is 5.21. The predicted molar refractivity (Wildman–Crippen MR) is 49.8 cm³/mol. The van der Waals surface area contributed by atoms with Crippen molar-refractivity contribution in [1.82, 2.24) is 10.6 Å². The van der Waals surface area contributed by atoms with Crippen LogP contribution in [0.3, 0.4) is 0 Å². The Labute approximate surface area is 77.8 Å². The molecule has 0 aromatic rings. The van der Waals surface area contributed by atoms with Crippen LogP contribution in [-0.2, 0) is 4.79 Å². The summed E-state index contributed by atoms with van der Waals surface area (Å²) in [5.41, 5.74) is 0. The second-order valence-corrected chi connectivity index (χ2v) is 3.23. The minimum absolute atomic E-state index is 0.00375. The molecular weight excluding hydrogens is 171 g/mol. The summed E-state index contributed by atoms with van der Waals surface area (Å²) in [7, 11) is 0.178. The molecule has 0 amide bonds. The van der Waals surface area contributed by atoms with E-state index >= 15 is 0 Å². The molecule has 0 spiro atoms. The molecule has 1 unspecified atom stereocenters. The summed E-state index contributed by atoms with van der Waals surface area (Å²) in [6, 6.07) is -0.470. The lowest BCUT2D eigenvalue weighted by Gasteiger charge is -2.14. The minimum atomic E-state index is -0.806. The molecule has 1 rings (SSSR count). The van der Waals surface area contributed by atoms with Crippen molar-refractivity contribution < 1.29 is 14.9 Å². The van der Waals surface area contributed by atoms with Gasteiger partial charge in [0, 0.05) is 12.7 Å². The van der Waals surface area contributed by atoms with Crippen molar-refractivity contribution in [2.75, 3.05) is 6.67 Å². The Morgan fingerprint density at radius 3 is 2.92 bits per heavy atom. The third-order valence-corrected chi connectivity index (χ3v) is 2.28. The van der Waals surface area contributed by atoms with Crippen molar-refractivity contribution in [3.05, 3.63) is 0 Å². The smallest absolute Gasteiger partial charge is 0.322 e. The minimum Gasteiger partial charge on any atom is -0.480 e. The molecule has 4 N–H and O–H groups in total. The first-order valence-corrected chi connectivity index (χ1v) is 4.56. The molecule has 1 heterocycles. The van der Waals surface area contributed by atoms with Crippen molar-refractivity contribution in [2.45, 2.75) is 31.2 Å². The molecule has 0 saturated carbocycles. The van der Waals surface area contributed by atoms with Crippen LogP contribution >= 0.6 is 0 Å². The quantitative estimate of drug-likeness (QED) is 0.310. The summed E-state index contributed by atoms with van der Waals surface area (Å²) >= 11 is 0. The van der Waals surface area contributed by atoms with Gasteiger partial charge in [0.25, 0.3) is 7.48 Å². The average molecular weight is 186 g/mol. The van der Waals surface area contributed by atoms with Crippen molar-refractivity contribution in [1.29, 1.82) is 0 Å². The van der Waals surface area contributed by atoms with E-state index in [1.165, 1.54) is 0 Å². The van der Waals surface area contributed by atoms with E-state index in [0.29, 0.717) is 6.67 Å². The fourth-order valence-corrected chi connectivity index (χ4v) is 1.56. The van der Waals surface area contributed by atoms with E-state index in [-0.39, 0.29) is 13.5 Å². The molecule has 13 heavy (non-hydrogen) atoms. The largest absolute Gasteiger partial charge is 0.480 e. The van der Waals surface area contributed by atoms with Gasteiger partial charge in [0.05, 0.1) is 0 Å². The van der Waals surface area contributed by atoms with E-state index in [1.807, 2.05) is 0 Å². The van der Waals surface area contributed by atoms with Crippen LogP contribution in [0, 0.1) is 0 Å². The number of aliphatic carboxylic acids is 1. The summed E-state index contributed by atoms with van der Waals surface area (Å²) in [6.07, 6.45) is 2.40. The summed E-state index contributed by atoms with van der Waals surface area (Å²) in [6.45, 7) is 0.556. The second-order valence-electron chi connectivity index (χ2n) is 3.23. The molecule has 5 nitrogen and oxygen atoms in total. The average Bonchev–Trinajstić information content (AvgIpc) is 2.53. The first-order chi connectivity index (χ1) is 6.25. The number of hydrogen-bond donors (Lipinski definition) is 4. The summed E-state index contributed by atoms with van der Waals surface area (Å²) in [4.78, 5) is 10.7. The van der Waals surface area contributed by atoms with Crippen molar-refractivity contribution >= 4 is 13.5 Å². The highest BCUT2D eigenvalue weighted by molar-refractivity contribution is 6.25. The zero-order valence-corrected chi connectivity index (χ0v) is 7.49. The van der Waals surface area contributed by atoms with Crippen LogP contribution in [0.25, 0.3) is 0 Å². The Morgan fingerprint density at radius 2 is 2.31 bits per heavy atom. The van der Waals surface area contributed by atoms with Crippen molar-refractivity contribution in [2.24, 2.45) is 0 Å². The Hall–Kier alpha value is -0.585. The van der Waals surface area contributed by atoms with Crippen molar-refractivity contribution in [3.8, 4) is 0 Å². The molecule has 0 bridgehead atoms. The molecule has 0 aliphatic carbocycles. The highest BCUT2D eigenvalue weighted by Crippen LogP contribution is 2.08. The molecule has 1 saturated heterocycles. The van der Waals surface area contributed by atoms with Gasteiger partial charge in [0.1, 0.15) is 6.04 Å². The number of rotatable bonds is 5. The van der Waals surface area contributed by atoms with Gasteiger partial charge < -0.3 is 10.1 Å². The fraction of sp³-hybridized carbons (Fsp3) is 0.857. The molecule has 0 radical (unpaired) electrons. The first kappa shape index (κ1) is 10.5. The third-order valence-electron chi connectivity index (χ3n) is 2.28. The zero-order chi connectivity index (χ0) is 9.68. The highest BCUT2D eigenvalue weighted by Gasteiger charge is 2.31. The number of nitrogens with one attached hydrogen (secondary N) is 2. The lowest BCUT2D eigenvalue weighted by Crippen LogP contribution is -2.40. The van der Waals surface area contributed by atoms with Gasteiger partial charge >= 0.3 is 5.97 Å². The van der Waals surface area contributed by atoms with Gasteiger partial charge in [-0.05, 0) is 6.42 Å². The lowest BCUT2D eigenvalue weighted by molar-refractivity contribution is -0.139. The van der Waals surface area contributed by atoms with E-state index in [0.717, 1.165) is 19.2 Å². The number of carbonyl (C=O) groups is 1. The van der Waals surface area contributed by atoms with Gasteiger partial charge in [-0.1, -0.05) is 12.7 Å². The summed E-state index contributed by atoms with van der Waals surface area (Å²) in [5, 5.41) is 23.3. The van der Waals surface area contributed by atoms with Gasteiger partial charge in [0.2, 0.25) is 0 Å². The maximum absolute atomic E-state index is 10.7. The monoisotopic (exact) mass is 186 g/mol. The van der Waals surface area contributed by atoms with E-state index < -0.39 is 12.0 Å². The molecule has 1 fully saturated rings. The number of carboxylic acid groups (broad SMARTS) is 1. The predicted octanol–water partition coefficient (Wildman–Crippen LogP) is -1.50. The molecular formula is C7H15BN2O3. The van der Waals surface area contributed by atoms with Gasteiger partial charge in [-0.3, -0.25) is 15.4 Å². The van der Waals surface area contributed by atoms with Crippen molar-refractivity contribution in [3.63, 3.8) is 0 Å². The molecule has 1 aliphatic heterocycles. The van der Waals surface area contributed by atoms with E-state index in [9.17, 15) is 4.79 Å². The number of carboxylic acids is 1. The molecule has 0 aromatic carbocycles. The Balaban J connectivity index is 2.27. The van der Waals surface area contributed by atoms with E-state index in [4.69, 9.17) is 10.1 Å². The van der Waals surface area contributed by atoms with Crippen LogP contribution < -0.4 is 10.6 Å². The van der Waals surface area contributed by atoms with Crippen LogP contribution in [0.2, 0.25) is 6.32 Å². The topological polar surface area (TPSA) is 81.6 Å². The maximum atomic E-state index is 10.7. The Kier molecular flexibility index (Phi) is 4.21. The van der Waals surface area contributed by atoms with Gasteiger partial charge in [-0.25, -0.2) is 0 Å². The maximum Gasteiger partial charge on any atom is 0.322 e. The van der Waals surface area contributed by atoms with Crippen LogP contribution in [0.5, 0.6) is 0 Å². The summed E-state index contributed by atoms with van der Waals surface area (Å²) in [5.74, 6) is -0.806. The van der Waals surface area contributed by atoms with Gasteiger partial charge in [-0.2, -0.15) is 0 Å². The third kappa shape index (κ3) is 2.98. The molecule has 1 aliphatic rings. The molecule has 0 aromatic heterocycles. The van der Waals surface area contributed by atoms with Crippen LogP contribution in [0.1, 0.15) is 12.8 Å². The van der Waals surface area contributed by atoms with Gasteiger partial charge in [-0.15, -0.1) is 0 Å². The van der Waals surface area contributed by atoms with Crippen LogP contribution in [-0.4, -0.2) is 42.3 Å². The van der Waals surface area contributed by atoms with Crippen LogP contribution in [0.4, 0.5) is 0 Å². The Morgan fingerprint density at radius 1 is 1.54 bits per heavy atom. The Bertz CT molecular complexity index is 179. The normalized spacial score (nSPS) is 27.5. The van der Waals surface area contributed by atoms with E-state index in [1.54, 1.807) is 0 Å². The zero-order valence-electron chi connectivity index (χ0n) is 7.49. The molecule has 74 valence electrons. The standard InChI is InChI=1S/C7H15BN2O3/c11-7(12)6-5(9-4-10-6)2-1-3-8-13/h5-6,8-10,13H,1-4H2,(H,11,12)/t5?,6-/m0/s1. The van der Waals surface area contributed by atoms with Crippen LogP contribution in [0.15, 0.2) is 0 Å². The molecule has 2 atom stereocenters. The first-order valence-electron chi connectivity index (χ1n) is 4.56. The van der Waals surface area contributed by atoms with Gasteiger partial charge in [0.15, 0.2) is 0 Å². The lowest BCUT2D eigenvalue weighted by atomic mass is 9.90. The number of hydrogen-bond acceptors (Lipinski definition) is 4. The molecule has 6 heteroatoms. The van der Waals surface area contributed by atoms with E-state index in [2.05, 4.69) is 10.6 Å². The fourth-order valence-electron chi connectivity index (χ4n) is 1.56. The summed E-state index contributed by atoms with van der Waals surface area (Å²) < 4.78 is 0. The highest BCUT2D eigenvalue weighted by atomic mass is 16.4. The SMILES string of the molecule is O=C(O)[C@H]1NCNC1CCCBO.